The molecule has 0 fully saturated rings. The van der Waals surface area contributed by atoms with Crippen molar-refractivity contribution in [2.75, 3.05) is 11.9 Å². The molecule has 0 spiro atoms. The Morgan fingerprint density at radius 2 is 1.89 bits per heavy atom. The Morgan fingerprint density at radius 3 is 2.68 bits per heavy atom. The van der Waals surface area contributed by atoms with Crippen molar-refractivity contribution in [3.63, 3.8) is 0 Å². The minimum atomic E-state index is -0.449. The number of carbonyl (C=O) groups excluding carboxylic acids is 1. The molecular weight excluding hydrogens is 357 g/mol. The smallest absolute Gasteiger partial charge is 0.258 e. The zero-order valence-corrected chi connectivity index (χ0v) is 15.4. The van der Waals surface area contributed by atoms with Gasteiger partial charge in [0, 0.05) is 12.7 Å². The third kappa shape index (κ3) is 3.41. The van der Waals surface area contributed by atoms with Gasteiger partial charge in [-0.2, -0.15) is 0 Å². The number of amides is 1. The number of ether oxygens (including phenoxy) is 1. The van der Waals surface area contributed by atoms with Gasteiger partial charge in [0.05, 0.1) is 23.6 Å². The third-order valence-electron chi connectivity index (χ3n) is 4.65. The molecule has 1 aromatic heterocycles. The van der Waals surface area contributed by atoms with E-state index in [0.717, 1.165) is 11.3 Å². The first kappa shape index (κ1) is 18.0. The molecule has 0 bridgehead atoms. The Kier molecular flexibility index (Phi) is 4.93. The third-order valence-corrected chi connectivity index (χ3v) is 4.65. The minimum absolute atomic E-state index is 0.112. The molecular formula is C22H20FN3O2. The van der Waals surface area contributed by atoms with E-state index < -0.39 is 6.17 Å². The zero-order valence-electron chi connectivity index (χ0n) is 15.4. The highest BCUT2D eigenvalue weighted by Gasteiger charge is 2.38. The van der Waals surface area contributed by atoms with Gasteiger partial charge in [0.15, 0.2) is 0 Å². The number of anilines is 1. The summed E-state index contributed by atoms with van der Waals surface area (Å²) in [6.07, 6.45) is 1.23. The van der Waals surface area contributed by atoms with Crippen molar-refractivity contribution in [3.8, 4) is 5.75 Å². The van der Waals surface area contributed by atoms with Crippen molar-refractivity contribution in [2.45, 2.75) is 19.6 Å². The molecule has 2 heterocycles. The molecule has 28 heavy (non-hydrogen) atoms. The quantitative estimate of drug-likeness (QED) is 0.692. The normalized spacial score (nSPS) is 15.4. The van der Waals surface area contributed by atoms with Gasteiger partial charge >= 0.3 is 0 Å². The minimum Gasteiger partial charge on any atom is -0.492 e. The monoisotopic (exact) mass is 377 g/mol. The first-order valence-electron chi connectivity index (χ1n) is 9.16. The van der Waals surface area contributed by atoms with E-state index in [9.17, 15) is 9.18 Å². The van der Waals surface area contributed by atoms with Gasteiger partial charge < -0.3 is 15.0 Å². The van der Waals surface area contributed by atoms with E-state index in [1.165, 1.54) is 12.1 Å². The number of nitrogens with zero attached hydrogens (tertiary/aromatic N) is 2. The highest BCUT2D eigenvalue weighted by atomic mass is 19.1. The van der Waals surface area contributed by atoms with Gasteiger partial charge in [-0.3, -0.25) is 9.78 Å². The van der Waals surface area contributed by atoms with Crippen LogP contribution >= 0.6 is 0 Å². The van der Waals surface area contributed by atoms with Crippen LogP contribution in [-0.4, -0.2) is 22.4 Å². The maximum atomic E-state index is 13.3. The van der Waals surface area contributed by atoms with E-state index in [1.54, 1.807) is 35.4 Å². The predicted molar refractivity (Wildman–Crippen MR) is 104 cm³/mol. The summed E-state index contributed by atoms with van der Waals surface area (Å²) < 4.78 is 19.0. The number of hydrogen-bond donors (Lipinski definition) is 1. The molecule has 1 atom stereocenters. The van der Waals surface area contributed by atoms with Crippen LogP contribution in [0.3, 0.4) is 0 Å². The summed E-state index contributed by atoms with van der Waals surface area (Å²) in [6.45, 7) is 2.80. The fraction of sp³-hybridized carbons (Fsp3) is 0.182. The van der Waals surface area contributed by atoms with Crippen LogP contribution in [0.1, 0.15) is 34.7 Å². The molecule has 1 unspecified atom stereocenters. The number of hydrogen-bond acceptors (Lipinski definition) is 4. The van der Waals surface area contributed by atoms with Crippen molar-refractivity contribution >= 4 is 11.6 Å². The summed E-state index contributed by atoms with van der Waals surface area (Å²) in [6, 6.07) is 17.3. The van der Waals surface area contributed by atoms with E-state index in [0.29, 0.717) is 30.2 Å². The predicted octanol–water partition coefficient (Wildman–Crippen LogP) is 4.39. The van der Waals surface area contributed by atoms with Crippen LogP contribution in [0, 0.1) is 5.82 Å². The molecule has 2 aromatic carbocycles. The van der Waals surface area contributed by atoms with E-state index in [-0.39, 0.29) is 11.7 Å². The lowest BCUT2D eigenvalue weighted by Gasteiger charge is -2.27. The number of carbonyl (C=O) groups is 1. The van der Waals surface area contributed by atoms with Crippen LogP contribution in [-0.2, 0) is 6.54 Å². The molecule has 0 aliphatic carbocycles. The van der Waals surface area contributed by atoms with Gasteiger partial charge in [-0.15, -0.1) is 0 Å². The van der Waals surface area contributed by atoms with Crippen LogP contribution < -0.4 is 10.1 Å². The molecule has 6 heteroatoms. The van der Waals surface area contributed by atoms with Gasteiger partial charge in [-0.1, -0.05) is 24.3 Å². The molecule has 1 amide bonds. The molecule has 4 rings (SSSR count). The molecule has 1 N–H and O–H groups in total. The Labute approximate surface area is 162 Å². The molecule has 5 nitrogen and oxygen atoms in total. The highest BCUT2D eigenvalue weighted by molar-refractivity contribution is 5.99. The molecule has 1 aliphatic rings. The van der Waals surface area contributed by atoms with Crippen LogP contribution in [0.4, 0.5) is 10.1 Å². The number of fused-ring (bicyclic) bond motifs is 1. The average Bonchev–Trinajstić information content (AvgIpc) is 2.97. The average molecular weight is 377 g/mol. The van der Waals surface area contributed by atoms with E-state index in [1.807, 2.05) is 31.2 Å². The molecule has 0 saturated carbocycles. The number of pyridine rings is 1. The van der Waals surface area contributed by atoms with Gasteiger partial charge in [-0.25, -0.2) is 4.39 Å². The molecule has 142 valence electrons. The second-order valence-electron chi connectivity index (χ2n) is 6.47. The van der Waals surface area contributed by atoms with E-state index in [2.05, 4.69) is 10.3 Å². The van der Waals surface area contributed by atoms with Crippen molar-refractivity contribution in [1.29, 1.82) is 0 Å². The SMILES string of the molecule is CCOc1ccccc1NC1c2ncccc2C(=O)N1Cc1ccc(F)cc1. The zero-order chi connectivity index (χ0) is 19.5. The Morgan fingerprint density at radius 1 is 1.11 bits per heavy atom. The maximum absolute atomic E-state index is 13.3. The summed E-state index contributed by atoms with van der Waals surface area (Å²) in [7, 11) is 0. The van der Waals surface area contributed by atoms with Crippen molar-refractivity contribution in [1.82, 2.24) is 9.88 Å². The van der Waals surface area contributed by atoms with Gasteiger partial charge in [0.2, 0.25) is 0 Å². The van der Waals surface area contributed by atoms with Crippen molar-refractivity contribution in [2.24, 2.45) is 0 Å². The van der Waals surface area contributed by atoms with Gasteiger partial charge in [-0.05, 0) is 48.9 Å². The fourth-order valence-corrected chi connectivity index (χ4v) is 3.35. The van der Waals surface area contributed by atoms with Crippen LogP contribution in [0.15, 0.2) is 66.9 Å². The summed E-state index contributed by atoms with van der Waals surface area (Å²) in [5, 5.41) is 3.41. The topological polar surface area (TPSA) is 54.5 Å². The van der Waals surface area contributed by atoms with E-state index in [4.69, 9.17) is 4.74 Å². The number of benzene rings is 2. The Hall–Kier alpha value is -3.41. The molecule has 0 radical (unpaired) electrons. The number of nitrogens with one attached hydrogen (secondary N) is 1. The highest BCUT2D eigenvalue weighted by Crippen LogP contribution is 2.36. The van der Waals surface area contributed by atoms with Gasteiger partial charge in [0.1, 0.15) is 17.7 Å². The molecule has 0 saturated heterocycles. The van der Waals surface area contributed by atoms with Crippen molar-refractivity contribution < 1.29 is 13.9 Å². The summed E-state index contributed by atoms with van der Waals surface area (Å²) >= 11 is 0. The van der Waals surface area contributed by atoms with Crippen LogP contribution in [0.5, 0.6) is 5.75 Å². The second kappa shape index (κ2) is 7.68. The Balaban J connectivity index is 1.69. The summed E-state index contributed by atoms with van der Waals surface area (Å²) in [4.78, 5) is 19.2. The number of para-hydroxylation sites is 2. The fourth-order valence-electron chi connectivity index (χ4n) is 3.35. The van der Waals surface area contributed by atoms with E-state index >= 15 is 0 Å². The van der Waals surface area contributed by atoms with Crippen LogP contribution in [0.2, 0.25) is 0 Å². The first-order chi connectivity index (χ1) is 13.7. The lowest BCUT2D eigenvalue weighted by Crippen LogP contribution is -2.32. The standard InChI is InChI=1S/C22H20FN3O2/c1-2-28-19-8-4-3-7-18(19)25-21-20-17(6-5-13-24-20)22(27)26(21)14-15-9-11-16(23)12-10-15/h3-13,21,25H,2,14H2,1H3. The number of rotatable bonds is 6. The lowest BCUT2D eigenvalue weighted by atomic mass is 10.2. The largest absolute Gasteiger partial charge is 0.492 e. The summed E-state index contributed by atoms with van der Waals surface area (Å²) in [5.41, 5.74) is 2.86. The number of aromatic nitrogens is 1. The lowest BCUT2D eigenvalue weighted by molar-refractivity contribution is 0.0727. The number of halogens is 1. The maximum Gasteiger partial charge on any atom is 0.258 e. The van der Waals surface area contributed by atoms with Crippen LogP contribution in [0.25, 0.3) is 0 Å². The van der Waals surface area contributed by atoms with Crippen molar-refractivity contribution in [3.05, 3.63) is 89.5 Å². The Bertz CT molecular complexity index is 991. The summed E-state index contributed by atoms with van der Waals surface area (Å²) in [5.74, 6) is 0.296. The molecule has 1 aliphatic heterocycles. The second-order valence-corrected chi connectivity index (χ2v) is 6.47. The first-order valence-corrected chi connectivity index (χ1v) is 9.16. The van der Waals surface area contributed by atoms with Gasteiger partial charge in [0.25, 0.3) is 5.91 Å². The molecule has 3 aromatic rings.